The molecule has 2 aliphatic rings. The lowest BCUT2D eigenvalue weighted by Gasteiger charge is -2.33. The van der Waals surface area contributed by atoms with Crippen LogP contribution < -0.4 is 16.4 Å². The molecule has 1 saturated heterocycles. The lowest BCUT2D eigenvalue weighted by atomic mass is 9.81. The van der Waals surface area contributed by atoms with Crippen LogP contribution in [-0.4, -0.2) is 83.2 Å². The summed E-state index contributed by atoms with van der Waals surface area (Å²) in [7, 11) is 1.52. The van der Waals surface area contributed by atoms with Gasteiger partial charge in [-0.15, -0.1) is 0 Å². The number of alkyl halides is 4. The minimum Gasteiger partial charge on any atom is -0.443 e. The first-order valence-electron chi connectivity index (χ1n) is 12.9. The number of ether oxygens (including phenoxy) is 2. The van der Waals surface area contributed by atoms with Gasteiger partial charge in [-0.3, -0.25) is 4.79 Å². The molecule has 0 aromatic carbocycles. The van der Waals surface area contributed by atoms with E-state index in [-0.39, 0.29) is 44.0 Å². The minimum absolute atomic E-state index is 0.0927. The van der Waals surface area contributed by atoms with E-state index in [1.165, 1.54) is 11.6 Å². The van der Waals surface area contributed by atoms with Gasteiger partial charge in [0.1, 0.15) is 6.61 Å². The molecule has 4 rings (SSSR count). The van der Waals surface area contributed by atoms with Crippen LogP contribution in [0.3, 0.4) is 0 Å². The van der Waals surface area contributed by atoms with E-state index in [4.69, 9.17) is 15.2 Å². The van der Waals surface area contributed by atoms with E-state index in [1.54, 1.807) is 23.4 Å². The molecule has 2 atom stereocenters. The van der Waals surface area contributed by atoms with Crippen LogP contribution in [0.2, 0.25) is 0 Å². The molecule has 2 unspecified atom stereocenters. The van der Waals surface area contributed by atoms with E-state index in [1.807, 2.05) is 0 Å². The maximum Gasteiger partial charge on any atom is 0.408 e. The number of nitrogens with one attached hydrogen (secondary N) is 2. The highest BCUT2D eigenvalue weighted by atomic mass is 19.3. The van der Waals surface area contributed by atoms with Crippen molar-refractivity contribution < 1.29 is 41.4 Å². The second-order valence-electron chi connectivity index (χ2n) is 9.97. The molecule has 224 valence electrons. The van der Waals surface area contributed by atoms with Crippen molar-refractivity contribution in [1.29, 1.82) is 0 Å². The summed E-state index contributed by atoms with van der Waals surface area (Å²) >= 11 is 0. The topological polar surface area (TPSA) is 153 Å². The van der Waals surface area contributed by atoms with E-state index in [2.05, 4.69) is 20.7 Å². The summed E-state index contributed by atoms with van der Waals surface area (Å²) in [5.41, 5.74) is 6.49. The number of aromatic nitrogens is 3. The third kappa shape index (κ3) is 7.42. The first-order chi connectivity index (χ1) is 19.5. The maximum absolute atomic E-state index is 13.9. The van der Waals surface area contributed by atoms with E-state index >= 15 is 0 Å². The number of hydrogen-bond donors (Lipinski definition) is 3. The van der Waals surface area contributed by atoms with Crippen molar-refractivity contribution in [3.05, 3.63) is 41.5 Å². The van der Waals surface area contributed by atoms with Crippen LogP contribution >= 0.6 is 0 Å². The number of carbonyl (C=O) groups is 3. The summed E-state index contributed by atoms with van der Waals surface area (Å²) in [5, 5.41) is 9.77. The number of halogens is 4. The van der Waals surface area contributed by atoms with Gasteiger partial charge < -0.3 is 30.7 Å². The Balaban J connectivity index is 1.56. The van der Waals surface area contributed by atoms with Crippen LogP contribution in [0.25, 0.3) is 5.65 Å². The fourth-order valence-corrected chi connectivity index (χ4v) is 4.98. The van der Waals surface area contributed by atoms with Gasteiger partial charge in [0, 0.05) is 44.7 Å². The third-order valence-corrected chi connectivity index (χ3v) is 7.07. The van der Waals surface area contributed by atoms with Gasteiger partial charge >= 0.3 is 12.1 Å². The zero-order valence-corrected chi connectivity index (χ0v) is 22.2. The number of carbonyl (C=O) groups excluding carboxylic acids is 3. The fourth-order valence-electron chi connectivity index (χ4n) is 4.98. The highest BCUT2D eigenvalue weighted by Crippen LogP contribution is 2.41. The number of fused-ring (bicyclic) bond motifs is 1. The second-order valence-corrected chi connectivity index (χ2v) is 9.97. The van der Waals surface area contributed by atoms with Gasteiger partial charge in [0.2, 0.25) is 11.7 Å². The summed E-state index contributed by atoms with van der Waals surface area (Å²) in [6.07, 6.45) is -1.21. The molecule has 2 fully saturated rings. The Bertz CT molecular complexity index is 1290. The van der Waals surface area contributed by atoms with Gasteiger partial charge in [-0.25, -0.2) is 36.7 Å². The SMILES string of the molecule is COCC(c1cnn2cc(C(NC(=O)OCC(N)=CC(=O)C(F)F)C3CCC(F)(F)CC3)nc2c1)N1CCNC1=O. The molecule has 0 radical (unpaired) electrons. The third-order valence-electron chi connectivity index (χ3n) is 7.07. The van der Waals surface area contributed by atoms with E-state index < -0.39 is 48.8 Å². The van der Waals surface area contributed by atoms with Crippen LogP contribution in [0.4, 0.5) is 27.2 Å². The van der Waals surface area contributed by atoms with Crippen molar-refractivity contribution in [3.63, 3.8) is 0 Å². The first-order valence-corrected chi connectivity index (χ1v) is 12.9. The van der Waals surface area contributed by atoms with Gasteiger partial charge in [-0.2, -0.15) is 5.10 Å². The zero-order valence-electron chi connectivity index (χ0n) is 22.2. The number of allylic oxidation sites excluding steroid dienone is 1. The summed E-state index contributed by atoms with van der Waals surface area (Å²) in [4.78, 5) is 42.2. The Hall–Kier alpha value is -3.95. The molecule has 16 heteroatoms. The average Bonchev–Trinajstić information content (AvgIpc) is 3.54. The van der Waals surface area contributed by atoms with Gasteiger partial charge in [0.15, 0.2) is 5.65 Å². The van der Waals surface area contributed by atoms with Crippen LogP contribution in [0.1, 0.15) is 49.0 Å². The van der Waals surface area contributed by atoms with Crippen molar-refractivity contribution in [2.75, 3.05) is 33.4 Å². The summed E-state index contributed by atoms with van der Waals surface area (Å²) < 4.78 is 64.4. The molecular weight excluding hydrogens is 554 g/mol. The zero-order chi connectivity index (χ0) is 29.7. The number of amides is 3. The monoisotopic (exact) mass is 585 g/mol. The van der Waals surface area contributed by atoms with E-state index in [0.717, 1.165) is 0 Å². The number of imidazole rings is 1. The molecule has 3 heterocycles. The lowest BCUT2D eigenvalue weighted by molar-refractivity contribution is -0.124. The largest absolute Gasteiger partial charge is 0.443 e. The Morgan fingerprint density at radius 3 is 2.68 bits per heavy atom. The molecule has 3 amide bonds. The van der Waals surface area contributed by atoms with Gasteiger partial charge in [0.05, 0.1) is 42.5 Å². The van der Waals surface area contributed by atoms with Gasteiger partial charge in [0.25, 0.3) is 6.43 Å². The smallest absolute Gasteiger partial charge is 0.408 e. The molecule has 2 aromatic rings. The van der Waals surface area contributed by atoms with Crippen molar-refractivity contribution in [2.45, 2.75) is 50.1 Å². The standard InChI is InChI=1S/C25H31F4N7O5/c1-40-13-18(35-7-6-31-23(35)38)15-8-20-33-17(11-36(20)32-10-15)21(14-2-4-25(28,29)5-3-14)34-24(39)41-12-16(30)9-19(37)22(26)27/h8-11,14,18,21-22H,2-7,12-13,30H2,1H3,(H,31,38)(H,34,39). The predicted octanol–water partition coefficient (Wildman–Crippen LogP) is 2.71. The van der Waals surface area contributed by atoms with Crippen molar-refractivity contribution in [3.8, 4) is 0 Å². The molecule has 4 N–H and O–H groups in total. The first kappa shape index (κ1) is 30.0. The van der Waals surface area contributed by atoms with Crippen molar-refractivity contribution in [2.24, 2.45) is 11.7 Å². The molecule has 41 heavy (non-hydrogen) atoms. The highest BCUT2D eigenvalue weighted by Gasteiger charge is 2.39. The highest BCUT2D eigenvalue weighted by molar-refractivity contribution is 5.92. The Morgan fingerprint density at radius 1 is 1.32 bits per heavy atom. The number of ketones is 1. The van der Waals surface area contributed by atoms with Crippen LogP contribution in [0.5, 0.6) is 0 Å². The summed E-state index contributed by atoms with van der Waals surface area (Å²) in [5.74, 6) is -4.76. The average molecular weight is 586 g/mol. The molecule has 2 aromatic heterocycles. The number of nitrogens with two attached hydrogens (primary N) is 1. The van der Waals surface area contributed by atoms with Crippen LogP contribution in [0, 0.1) is 5.92 Å². The van der Waals surface area contributed by atoms with Crippen LogP contribution in [-0.2, 0) is 14.3 Å². The number of methoxy groups -OCH3 is 1. The number of rotatable bonds is 11. The number of urea groups is 1. The van der Waals surface area contributed by atoms with E-state index in [9.17, 15) is 31.9 Å². The normalized spacial score (nSPS) is 19.3. The second kappa shape index (κ2) is 12.7. The molecule has 1 aliphatic heterocycles. The number of nitrogens with zero attached hydrogens (tertiary/aromatic N) is 4. The van der Waals surface area contributed by atoms with E-state index in [0.29, 0.717) is 36.1 Å². The molecule has 0 bridgehead atoms. The van der Waals surface area contributed by atoms with Crippen LogP contribution in [0.15, 0.2) is 30.2 Å². The predicted molar refractivity (Wildman–Crippen MR) is 135 cm³/mol. The van der Waals surface area contributed by atoms with Gasteiger partial charge in [-0.1, -0.05) is 0 Å². The quantitative estimate of drug-likeness (QED) is 0.269. The maximum atomic E-state index is 13.9. The molecule has 0 spiro atoms. The summed E-state index contributed by atoms with van der Waals surface area (Å²) in [6, 6.07) is 0.208. The molecule has 1 aliphatic carbocycles. The fraction of sp³-hybridized carbons (Fsp3) is 0.560. The molecule has 12 nitrogen and oxygen atoms in total. The molecular formula is C25H31F4N7O5. The molecule has 1 saturated carbocycles. The Morgan fingerprint density at radius 2 is 2.05 bits per heavy atom. The Kier molecular flexibility index (Phi) is 9.30. The van der Waals surface area contributed by atoms with Gasteiger partial charge in [-0.05, 0) is 24.8 Å². The lowest BCUT2D eigenvalue weighted by Crippen LogP contribution is -2.38. The minimum atomic E-state index is -3.25. The van der Waals surface area contributed by atoms with Crippen molar-refractivity contribution >= 4 is 23.6 Å². The van der Waals surface area contributed by atoms with Crippen molar-refractivity contribution in [1.82, 2.24) is 30.1 Å². The number of hydrogen-bond acceptors (Lipinski definition) is 8. The summed E-state index contributed by atoms with van der Waals surface area (Å²) in [6.45, 7) is 0.552. The Labute approximate surface area is 232 Å². The number of alkyl carbamates (subject to hydrolysis) is 1.